The van der Waals surface area contributed by atoms with E-state index in [1.807, 2.05) is 12.1 Å². The number of hydrogen-bond donors (Lipinski definition) is 2. The van der Waals surface area contributed by atoms with Crippen molar-refractivity contribution < 1.29 is 31.5 Å². The van der Waals surface area contributed by atoms with Gasteiger partial charge in [0.2, 0.25) is 21.7 Å². The highest BCUT2D eigenvalue weighted by atomic mass is 32.2. The average molecular weight is 497 g/mol. The van der Waals surface area contributed by atoms with E-state index in [4.69, 9.17) is 4.74 Å². The molecule has 0 radical (unpaired) electrons. The number of likely N-dealkylation sites (N-methyl/N-ethyl adjacent to an activating group) is 1. The third-order valence-corrected chi connectivity index (χ3v) is 6.49. The monoisotopic (exact) mass is 496 g/mol. The summed E-state index contributed by atoms with van der Waals surface area (Å²) in [5.41, 5.74) is 1.39. The van der Waals surface area contributed by atoms with Crippen LogP contribution in [0.3, 0.4) is 0 Å². The predicted molar refractivity (Wildman–Crippen MR) is 124 cm³/mol. The SMILES string of the molecule is CN(CC(=O)Nc1ccc(N2CCOCC2)cc1)CC(=O)Nc1ccccc1S(=O)(=O)C(F)F. The molecule has 34 heavy (non-hydrogen) atoms. The Bertz CT molecular complexity index is 1110. The number of morpholine rings is 1. The molecule has 2 aromatic carbocycles. The van der Waals surface area contributed by atoms with Gasteiger partial charge in [0.25, 0.3) is 0 Å². The molecule has 2 aromatic rings. The smallest absolute Gasteiger partial charge is 0.341 e. The van der Waals surface area contributed by atoms with Crippen molar-refractivity contribution in [1.29, 1.82) is 0 Å². The van der Waals surface area contributed by atoms with Crippen LogP contribution in [0.4, 0.5) is 25.8 Å². The number of carbonyl (C=O) groups is 2. The molecule has 1 aliphatic rings. The maximum atomic E-state index is 12.9. The zero-order valence-corrected chi connectivity index (χ0v) is 19.4. The van der Waals surface area contributed by atoms with Crippen molar-refractivity contribution in [2.24, 2.45) is 0 Å². The predicted octanol–water partition coefficient (Wildman–Crippen LogP) is 2.03. The molecule has 3 rings (SSSR count). The molecule has 0 aromatic heterocycles. The zero-order chi connectivity index (χ0) is 24.7. The fourth-order valence-corrected chi connectivity index (χ4v) is 4.31. The average Bonchev–Trinajstić information content (AvgIpc) is 2.80. The summed E-state index contributed by atoms with van der Waals surface area (Å²) < 4.78 is 54.8. The topological polar surface area (TPSA) is 108 Å². The Labute approximate surface area is 196 Å². The summed E-state index contributed by atoms with van der Waals surface area (Å²) in [6, 6.07) is 12.3. The molecule has 9 nitrogen and oxygen atoms in total. The Hall–Kier alpha value is -3.09. The minimum Gasteiger partial charge on any atom is -0.378 e. The zero-order valence-electron chi connectivity index (χ0n) is 18.5. The normalized spacial score (nSPS) is 14.3. The maximum absolute atomic E-state index is 12.9. The lowest BCUT2D eigenvalue weighted by Gasteiger charge is -2.28. The van der Waals surface area contributed by atoms with Gasteiger partial charge in [0.05, 0.1) is 36.9 Å². The van der Waals surface area contributed by atoms with Gasteiger partial charge in [0.1, 0.15) is 0 Å². The molecule has 2 N–H and O–H groups in total. The quantitative estimate of drug-likeness (QED) is 0.547. The van der Waals surface area contributed by atoms with Crippen molar-refractivity contribution in [3.8, 4) is 0 Å². The number of halogens is 2. The van der Waals surface area contributed by atoms with Crippen molar-refractivity contribution in [3.63, 3.8) is 0 Å². The first-order chi connectivity index (χ1) is 16.2. The van der Waals surface area contributed by atoms with Crippen LogP contribution in [0, 0.1) is 0 Å². The number of alkyl halides is 2. The lowest BCUT2D eigenvalue weighted by molar-refractivity contribution is -0.119. The van der Waals surface area contributed by atoms with E-state index in [1.54, 1.807) is 12.1 Å². The van der Waals surface area contributed by atoms with E-state index in [-0.39, 0.29) is 24.7 Å². The van der Waals surface area contributed by atoms with E-state index >= 15 is 0 Å². The molecule has 0 unspecified atom stereocenters. The Morgan fingerprint density at radius 1 is 1.00 bits per heavy atom. The number of ether oxygens (including phenoxy) is 1. The molecule has 1 aliphatic heterocycles. The van der Waals surface area contributed by atoms with Crippen LogP contribution in [0.15, 0.2) is 53.4 Å². The third-order valence-electron chi connectivity index (χ3n) is 5.06. The molecule has 0 spiro atoms. The molecule has 184 valence electrons. The van der Waals surface area contributed by atoms with Crippen molar-refractivity contribution in [2.45, 2.75) is 10.7 Å². The van der Waals surface area contributed by atoms with Gasteiger partial charge in [-0.1, -0.05) is 12.1 Å². The fraction of sp³-hybridized carbons (Fsp3) is 0.364. The Kier molecular flexibility index (Phi) is 8.53. The lowest BCUT2D eigenvalue weighted by atomic mass is 10.2. The minimum absolute atomic E-state index is 0.115. The van der Waals surface area contributed by atoms with Crippen molar-refractivity contribution in [1.82, 2.24) is 4.90 Å². The van der Waals surface area contributed by atoms with Crippen LogP contribution in [0.5, 0.6) is 0 Å². The van der Waals surface area contributed by atoms with Crippen LogP contribution >= 0.6 is 0 Å². The van der Waals surface area contributed by atoms with E-state index in [0.717, 1.165) is 24.8 Å². The number of hydrogen-bond acceptors (Lipinski definition) is 7. The van der Waals surface area contributed by atoms with Gasteiger partial charge in [-0.05, 0) is 43.4 Å². The summed E-state index contributed by atoms with van der Waals surface area (Å²) >= 11 is 0. The van der Waals surface area contributed by atoms with Crippen molar-refractivity contribution in [2.75, 3.05) is 62.0 Å². The molecule has 1 heterocycles. The van der Waals surface area contributed by atoms with Gasteiger partial charge in [-0.2, -0.15) is 8.78 Å². The standard InChI is InChI=1S/C22H26F2N4O5S/c1-27(15-21(30)26-18-4-2-3-5-19(18)34(31,32)22(23)24)14-20(29)25-16-6-8-17(9-7-16)28-10-12-33-13-11-28/h2-9,22H,10-15H2,1H3,(H,25,29)(H,26,30). The Morgan fingerprint density at radius 3 is 2.21 bits per heavy atom. The molecule has 0 bridgehead atoms. The van der Waals surface area contributed by atoms with Gasteiger partial charge in [0, 0.05) is 24.5 Å². The number of nitrogens with zero attached hydrogens (tertiary/aromatic N) is 2. The molecule has 0 aliphatic carbocycles. The summed E-state index contributed by atoms with van der Waals surface area (Å²) in [6.07, 6.45) is 0. The number of rotatable bonds is 9. The Balaban J connectivity index is 1.51. The first-order valence-corrected chi connectivity index (χ1v) is 12.0. The molecular weight excluding hydrogens is 470 g/mol. The second kappa shape index (κ2) is 11.4. The fourth-order valence-electron chi connectivity index (χ4n) is 3.43. The summed E-state index contributed by atoms with van der Waals surface area (Å²) in [4.78, 5) is 27.6. The summed E-state index contributed by atoms with van der Waals surface area (Å²) in [5.74, 6) is -4.61. The van der Waals surface area contributed by atoms with E-state index in [2.05, 4.69) is 15.5 Å². The van der Waals surface area contributed by atoms with E-state index in [1.165, 1.54) is 30.1 Å². The maximum Gasteiger partial charge on any atom is 0.341 e. The second-order valence-corrected chi connectivity index (χ2v) is 9.60. The number of sulfone groups is 1. The number of amides is 2. The van der Waals surface area contributed by atoms with Gasteiger partial charge in [-0.3, -0.25) is 14.5 Å². The minimum atomic E-state index is -4.88. The number of anilines is 3. The summed E-state index contributed by atoms with van der Waals surface area (Å²) in [6.45, 7) is 2.58. The van der Waals surface area contributed by atoms with Crippen molar-refractivity contribution in [3.05, 3.63) is 48.5 Å². The number of benzene rings is 2. The molecule has 1 saturated heterocycles. The van der Waals surface area contributed by atoms with Crippen molar-refractivity contribution >= 4 is 38.7 Å². The van der Waals surface area contributed by atoms with Crippen LogP contribution < -0.4 is 15.5 Å². The van der Waals surface area contributed by atoms with Crippen LogP contribution in [-0.4, -0.2) is 77.3 Å². The molecule has 2 amide bonds. The highest BCUT2D eigenvalue weighted by Gasteiger charge is 2.29. The van der Waals surface area contributed by atoms with Gasteiger partial charge in [-0.15, -0.1) is 0 Å². The summed E-state index contributed by atoms with van der Waals surface area (Å²) in [5, 5.41) is 5.07. The van der Waals surface area contributed by atoms with E-state index < -0.39 is 26.4 Å². The largest absolute Gasteiger partial charge is 0.378 e. The number of para-hydroxylation sites is 1. The van der Waals surface area contributed by atoms with Crippen LogP contribution in [-0.2, 0) is 24.2 Å². The van der Waals surface area contributed by atoms with Gasteiger partial charge in [-0.25, -0.2) is 8.42 Å². The molecule has 1 fully saturated rings. The molecule has 12 heteroatoms. The van der Waals surface area contributed by atoms with Gasteiger partial charge < -0.3 is 20.3 Å². The first kappa shape index (κ1) is 25.5. The summed E-state index contributed by atoms with van der Waals surface area (Å²) in [7, 11) is -3.35. The highest BCUT2D eigenvalue weighted by molar-refractivity contribution is 7.91. The molecule has 0 saturated carbocycles. The Morgan fingerprint density at radius 2 is 1.59 bits per heavy atom. The molecular formula is C22H26F2N4O5S. The third kappa shape index (κ3) is 6.72. The lowest BCUT2D eigenvalue weighted by Crippen LogP contribution is -2.36. The van der Waals surface area contributed by atoms with Gasteiger partial charge in [0.15, 0.2) is 0 Å². The molecule has 0 atom stereocenters. The van der Waals surface area contributed by atoms with Crippen LogP contribution in [0.1, 0.15) is 0 Å². The van der Waals surface area contributed by atoms with Crippen LogP contribution in [0.25, 0.3) is 0 Å². The first-order valence-electron chi connectivity index (χ1n) is 10.5. The van der Waals surface area contributed by atoms with Gasteiger partial charge >= 0.3 is 5.76 Å². The van der Waals surface area contributed by atoms with Crippen LogP contribution in [0.2, 0.25) is 0 Å². The second-order valence-electron chi connectivity index (χ2n) is 7.72. The number of carbonyl (C=O) groups excluding carboxylic acids is 2. The van der Waals surface area contributed by atoms with E-state index in [0.29, 0.717) is 18.9 Å². The van der Waals surface area contributed by atoms with E-state index in [9.17, 15) is 26.8 Å². The highest BCUT2D eigenvalue weighted by Crippen LogP contribution is 2.26. The number of nitrogens with one attached hydrogen (secondary N) is 2.